The van der Waals surface area contributed by atoms with Gasteiger partial charge < -0.3 is 14.1 Å². The van der Waals surface area contributed by atoms with E-state index in [9.17, 15) is 9.59 Å². The summed E-state index contributed by atoms with van der Waals surface area (Å²) in [4.78, 5) is 32.8. The van der Waals surface area contributed by atoms with Crippen molar-refractivity contribution < 1.29 is 13.9 Å². The third-order valence-corrected chi connectivity index (χ3v) is 9.13. The van der Waals surface area contributed by atoms with Crippen molar-refractivity contribution in [2.45, 2.75) is 71.2 Å². The zero-order chi connectivity index (χ0) is 27.7. The van der Waals surface area contributed by atoms with Gasteiger partial charge in [-0.1, -0.05) is 63.8 Å². The molecule has 0 fully saturated rings. The molecule has 7 nitrogen and oxygen atoms in total. The van der Waals surface area contributed by atoms with Gasteiger partial charge in [0.15, 0.2) is 5.58 Å². The largest absolute Gasteiger partial charge is 0.421 e. The minimum absolute atomic E-state index is 0.00699. The number of benzene rings is 2. The highest BCUT2D eigenvalue weighted by molar-refractivity contribution is 6.76. The Morgan fingerprint density at radius 1 is 1.05 bits per heavy atom. The van der Waals surface area contributed by atoms with Crippen molar-refractivity contribution in [3.63, 3.8) is 0 Å². The molecular formula is C31H37N3O4Si. The number of fused-ring (bicyclic) bond motifs is 2. The van der Waals surface area contributed by atoms with Crippen LogP contribution in [0, 0.1) is 0 Å². The van der Waals surface area contributed by atoms with Crippen LogP contribution in [0.5, 0.6) is 0 Å². The Bertz CT molecular complexity index is 1550. The third-order valence-electron chi connectivity index (χ3n) is 7.42. The van der Waals surface area contributed by atoms with Crippen molar-refractivity contribution in [3.8, 4) is 0 Å². The lowest BCUT2D eigenvalue weighted by Gasteiger charge is -2.26. The molecule has 0 saturated carbocycles. The number of carbonyl (C=O) groups excluding carboxylic acids is 1. The van der Waals surface area contributed by atoms with Crippen LogP contribution in [0.3, 0.4) is 0 Å². The van der Waals surface area contributed by atoms with Crippen molar-refractivity contribution in [1.29, 1.82) is 0 Å². The van der Waals surface area contributed by atoms with Gasteiger partial charge in [-0.25, -0.2) is 9.36 Å². The molecule has 0 radical (unpaired) electrons. The molecule has 5 rings (SSSR count). The van der Waals surface area contributed by atoms with Crippen LogP contribution in [0.1, 0.15) is 58.5 Å². The second-order valence-corrected chi connectivity index (χ2v) is 17.5. The quantitative estimate of drug-likeness (QED) is 0.172. The number of hydrogen-bond acceptors (Lipinski definition) is 5. The lowest BCUT2D eigenvalue weighted by Crippen LogP contribution is -2.29. The fourth-order valence-electron chi connectivity index (χ4n) is 5.24. The van der Waals surface area contributed by atoms with Gasteiger partial charge in [-0.05, 0) is 52.9 Å². The number of amides is 1. The SMILES string of the molecule is CC(C)c1cccnc1CC1c2ccccc2C(=O)N1Cc1ccc2c(c1)oc(=O)n2COCC[Si](C)(C)C. The smallest absolute Gasteiger partial charge is 0.408 e. The maximum absolute atomic E-state index is 13.6. The molecule has 8 heteroatoms. The molecule has 4 aromatic rings. The molecule has 2 aromatic carbocycles. The van der Waals surface area contributed by atoms with Crippen LogP contribution >= 0.6 is 0 Å². The normalized spacial score (nSPS) is 15.5. The molecule has 39 heavy (non-hydrogen) atoms. The number of rotatable bonds is 10. The minimum atomic E-state index is -1.21. The minimum Gasteiger partial charge on any atom is -0.408 e. The van der Waals surface area contributed by atoms with E-state index >= 15 is 0 Å². The first-order valence-corrected chi connectivity index (χ1v) is 17.4. The van der Waals surface area contributed by atoms with Crippen LogP contribution in [-0.4, -0.2) is 35.0 Å². The molecule has 3 heterocycles. The third kappa shape index (κ3) is 5.77. The van der Waals surface area contributed by atoms with Gasteiger partial charge >= 0.3 is 5.76 Å². The molecule has 1 aliphatic heterocycles. The first-order valence-electron chi connectivity index (χ1n) is 13.7. The van der Waals surface area contributed by atoms with Gasteiger partial charge in [-0.15, -0.1) is 0 Å². The van der Waals surface area contributed by atoms with E-state index in [4.69, 9.17) is 14.1 Å². The van der Waals surface area contributed by atoms with E-state index < -0.39 is 13.8 Å². The summed E-state index contributed by atoms with van der Waals surface area (Å²) in [5.41, 5.74) is 6.07. The van der Waals surface area contributed by atoms with Crippen LogP contribution in [-0.2, 0) is 24.4 Å². The molecule has 0 saturated heterocycles. The Labute approximate surface area is 230 Å². The summed E-state index contributed by atoms with van der Waals surface area (Å²) < 4.78 is 12.9. The molecule has 1 amide bonds. The van der Waals surface area contributed by atoms with Gasteiger partial charge in [0, 0.05) is 45.1 Å². The lowest BCUT2D eigenvalue weighted by atomic mass is 9.94. The lowest BCUT2D eigenvalue weighted by molar-refractivity contribution is 0.0708. The van der Waals surface area contributed by atoms with E-state index in [-0.39, 0.29) is 18.7 Å². The Hall–Kier alpha value is -3.49. The Morgan fingerprint density at radius 3 is 2.62 bits per heavy atom. The zero-order valence-electron chi connectivity index (χ0n) is 23.4. The molecule has 0 bridgehead atoms. The highest BCUT2D eigenvalue weighted by atomic mass is 28.3. The van der Waals surface area contributed by atoms with Gasteiger partial charge in [0.1, 0.15) is 6.73 Å². The molecular weight excluding hydrogens is 506 g/mol. The first-order chi connectivity index (χ1) is 18.6. The van der Waals surface area contributed by atoms with Crippen LogP contribution in [0.4, 0.5) is 0 Å². The van der Waals surface area contributed by atoms with Crippen molar-refractivity contribution >= 4 is 25.1 Å². The van der Waals surface area contributed by atoms with E-state index in [1.807, 2.05) is 59.6 Å². The molecule has 2 aromatic heterocycles. The van der Waals surface area contributed by atoms with Gasteiger partial charge in [-0.3, -0.25) is 9.78 Å². The van der Waals surface area contributed by atoms with Crippen LogP contribution < -0.4 is 5.76 Å². The summed E-state index contributed by atoms with van der Waals surface area (Å²) in [5.74, 6) is -0.0926. The first kappa shape index (κ1) is 27.1. The fourth-order valence-corrected chi connectivity index (χ4v) is 6.00. The zero-order valence-corrected chi connectivity index (χ0v) is 24.4. The summed E-state index contributed by atoms with van der Waals surface area (Å²) in [6.07, 6.45) is 2.46. The van der Waals surface area contributed by atoms with Crippen LogP contribution in [0.2, 0.25) is 25.7 Å². The van der Waals surface area contributed by atoms with Crippen molar-refractivity contribution in [2.75, 3.05) is 6.61 Å². The van der Waals surface area contributed by atoms with Gasteiger partial charge in [0.2, 0.25) is 0 Å². The van der Waals surface area contributed by atoms with E-state index in [1.165, 1.54) is 10.1 Å². The van der Waals surface area contributed by atoms with E-state index in [0.717, 1.165) is 28.4 Å². The van der Waals surface area contributed by atoms with Crippen molar-refractivity contribution in [1.82, 2.24) is 14.5 Å². The van der Waals surface area contributed by atoms with Gasteiger partial charge in [0.25, 0.3) is 5.91 Å². The molecule has 1 aliphatic rings. The highest BCUT2D eigenvalue weighted by Gasteiger charge is 2.37. The second kappa shape index (κ2) is 10.9. The number of hydrogen-bond donors (Lipinski definition) is 0. The molecule has 0 N–H and O–H groups in total. The molecule has 0 spiro atoms. The van der Waals surface area contributed by atoms with Gasteiger partial charge in [-0.2, -0.15) is 0 Å². The van der Waals surface area contributed by atoms with E-state index in [2.05, 4.69) is 39.6 Å². The topological polar surface area (TPSA) is 77.6 Å². The van der Waals surface area contributed by atoms with E-state index in [0.29, 0.717) is 36.6 Å². The van der Waals surface area contributed by atoms with E-state index in [1.54, 1.807) is 0 Å². The summed E-state index contributed by atoms with van der Waals surface area (Å²) in [5, 5.41) is 0. The summed E-state index contributed by atoms with van der Waals surface area (Å²) >= 11 is 0. The number of pyridine rings is 1. The predicted octanol–water partition coefficient (Wildman–Crippen LogP) is 6.37. The highest BCUT2D eigenvalue weighted by Crippen LogP contribution is 2.38. The number of aromatic nitrogens is 2. The van der Waals surface area contributed by atoms with Gasteiger partial charge in [0.05, 0.1) is 11.6 Å². The number of ether oxygens (including phenoxy) is 1. The monoisotopic (exact) mass is 543 g/mol. The fraction of sp³-hybridized carbons (Fsp3) is 0.387. The molecule has 204 valence electrons. The summed E-state index contributed by atoms with van der Waals surface area (Å²) in [6, 6.07) is 18.5. The maximum atomic E-state index is 13.6. The number of carbonyl (C=O) groups is 1. The second-order valence-electron chi connectivity index (χ2n) is 11.9. The van der Waals surface area contributed by atoms with Crippen LogP contribution in [0.25, 0.3) is 11.1 Å². The number of nitrogens with zero attached hydrogens (tertiary/aromatic N) is 3. The van der Waals surface area contributed by atoms with Crippen molar-refractivity contribution in [2.24, 2.45) is 0 Å². The van der Waals surface area contributed by atoms with Crippen LogP contribution in [0.15, 0.2) is 70.0 Å². The molecule has 1 unspecified atom stereocenters. The Kier molecular flexibility index (Phi) is 7.60. The Morgan fingerprint density at radius 2 is 1.85 bits per heavy atom. The average molecular weight is 544 g/mol. The average Bonchev–Trinajstić information content (AvgIpc) is 3.34. The maximum Gasteiger partial charge on any atom is 0.421 e. The van der Waals surface area contributed by atoms with Crippen molar-refractivity contribution in [3.05, 3.63) is 99.3 Å². The summed E-state index contributed by atoms with van der Waals surface area (Å²) in [7, 11) is -1.21. The summed E-state index contributed by atoms with van der Waals surface area (Å²) in [6.45, 7) is 12.4. The molecule has 1 atom stereocenters. The predicted molar refractivity (Wildman–Crippen MR) is 156 cm³/mol. The Balaban J connectivity index is 1.40. The molecule has 0 aliphatic carbocycles. The number of oxazole rings is 1. The standard InChI is InChI=1S/C31H37N3O4Si/c1-21(2)23-11-8-14-32-26(23)18-28-24-9-6-7-10-25(24)30(35)33(28)19-22-12-13-27-29(17-22)38-31(36)34(27)20-37-15-16-39(3,4)5/h6-14,17,21,28H,15-16,18-20H2,1-5H3.